The number of nitrogens with one attached hydrogen (secondary N) is 2. The van der Waals surface area contributed by atoms with Gasteiger partial charge in [-0.1, -0.05) is 60.7 Å². The number of hydrogen-bond donors (Lipinski definition) is 3. The van der Waals surface area contributed by atoms with Gasteiger partial charge in [-0.2, -0.15) is 0 Å². The Labute approximate surface area is 234 Å². The van der Waals surface area contributed by atoms with Crippen LogP contribution < -0.4 is 15.8 Å². The van der Waals surface area contributed by atoms with E-state index >= 15 is 0 Å². The van der Waals surface area contributed by atoms with Crippen LogP contribution in [0.15, 0.2) is 85.1 Å². The summed E-state index contributed by atoms with van der Waals surface area (Å²) in [6.07, 6.45) is 3.94. The number of hydrogen-bond acceptors (Lipinski definition) is 5. The van der Waals surface area contributed by atoms with Crippen molar-refractivity contribution in [3.8, 4) is 5.75 Å². The highest BCUT2D eigenvalue weighted by Crippen LogP contribution is 2.26. The van der Waals surface area contributed by atoms with Gasteiger partial charge in [0.05, 0.1) is 18.7 Å². The number of methoxy groups -OCH3 is 1. The lowest BCUT2D eigenvalue weighted by Gasteiger charge is -2.25. The molecule has 40 heavy (non-hydrogen) atoms. The minimum absolute atomic E-state index is 0.244. The second-order valence-electron chi connectivity index (χ2n) is 10.7. The monoisotopic (exact) mass is 536 g/mol. The number of nitrogens with zero attached hydrogens (tertiary/aromatic N) is 3. The van der Waals surface area contributed by atoms with E-state index in [0.29, 0.717) is 25.2 Å². The van der Waals surface area contributed by atoms with Gasteiger partial charge in [-0.05, 0) is 55.2 Å². The van der Waals surface area contributed by atoms with Crippen LogP contribution in [-0.2, 0) is 30.6 Å². The summed E-state index contributed by atoms with van der Waals surface area (Å²) in [5, 5.41) is 13.6. The molecule has 0 aliphatic heterocycles. The maximum absolute atomic E-state index is 13.2. The van der Waals surface area contributed by atoms with E-state index in [-0.39, 0.29) is 5.91 Å². The summed E-state index contributed by atoms with van der Waals surface area (Å²) >= 11 is 0. The van der Waals surface area contributed by atoms with Crippen LogP contribution in [0.2, 0.25) is 0 Å². The zero-order valence-corrected chi connectivity index (χ0v) is 23.2. The molecule has 4 N–H and O–H groups in total. The number of ether oxygens (including phenoxy) is 1. The van der Waals surface area contributed by atoms with Gasteiger partial charge in [-0.15, -0.1) is 10.2 Å². The van der Waals surface area contributed by atoms with Crippen LogP contribution in [0, 0.1) is 0 Å². The average molecular weight is 537 g/mol. The van der Waals surface area contributed by atoms with Crippen LogP contribution in [0.5, 0.6) is 5.75 Å². The third-order valence-electron chi connectivity index (χ3n) is 7.15. The number of rotatable bonds is 11. The largest absolute Gasteiger partial charge is 0.497 e. The number of benzene rings is 3. The van der Waals surface area contributed by atoms with Crippen molar-refractivity contribution in [1.29, 1.82) is 0 Å². The number of H-pyrrole nitrogens is 1. The highest BCUT2D eigenvalue weighted by molar-refractivity contribution is 5.86. The van der Waals surface area contributed by atoms with Crippen LogP contribution in [0.25, 0.3) is 10.9 Å². The number of fused-ring (bicyclic) bond motifs is 1. The Hall–Kier alpha value is -4.43. The molecular weight excluding hydrogens is 500 g/mol. The number of amides is 1. The minimum atomic E-state index is -1.04. The lowest BCUT2D eigenvalue weighted by Crippen LogP contribution is -2.50. The maximum atomic E-state index is 13.2. The zero-order chi connectivity index (χ0) is 28.1. The van der Waals surface area contributed by atoms with Gasteiger partial charge in [-0.3, -0.25) is 4.79 Å². The Bertz CT molecular complexity index is 1560. The molecule has 0 fully saturated rings. The van der Waals surface area contributed by atoms with Crippen LogP contribution in [-0.4, -0.2) is 38.3 Å². The Morgan fingerprint density at radius 1 is 1.00 bits per heavy atom. The van der Waals surface area contributed by atoms with Crippen molar-refractivity contribution < 1.29 is 9.53 Å². The normalized spacial score (nSPS) is 12.4. The van der Waals surface area contributed by atoms with E-state index in [9.17, 15) is 4.79 Å². The van der Waals surface area contributed by atoms with Crippen molar-refractivity contribution in [3.05, 3.63) is 113 Å². The molecule has 0 saturated carbocycles. The van der Waals surface area contributed by atoms with Crippen LogP contribution in [0.1, 0.15) is 48.2 Å². The second kappa shape index (κ2) is 11.8. The first-order valence-electron chi connectivity index (χ1n) is 13.6. The fourth-order valence-corrected chi connectivity index (χ4v) is 4.86. The highest BCUT2D eigenvalue weighted by Gasteiger charge is 2.29. The van der Waals surface area contributed by atoms with E-state index in [0.717, 1.165) is 40.0 Å². The van der Waals surface area contributed by atoms with E-state index in [1.165, 1.54) is 5.56 Å². The number of nitrogens with two attached hydrogens (primary N) is 1. The zero-order valence-electron chi connectivity index (χ0n) is 23.2. The van der Waals surface area contributed by atoms with E-state index < -0.39 is 11.6 Å². The van der Waals surface area contributed by atoms with E-state index in [1.54, 1.807) is 21.0 Å². The predicted molar refractivity (Wildman–Crippen MR) is 157 cm³/mol. The van der Waals surface area contributed by atoms with Gasteiger partial charge in [0.2, 0.25) is 5.91 Å². The lowest BCUT2D eigenvalue weighted by molar-refractivity contribution is -0.126. The smallest absolute Gasteiger partial charge is 0.240 e. The summed E-state index contributed by atoms with van der Waals surface area (Å²) in [4.78, 5) is 16.5. The Kier molecular flexibility index (Phi) is 7.98. The number of para-hydroxylation sites is 1. The van der Waals surface area contributed by atoms with Gasteiger partial charge in [0.15, 0.2) is 5.82 Å². The van der Waals surface area contributed by atoms with Gasteiger partial charge in [-0.25, -0.2) is 0 Å². The number of carbonyl (C=O) groups excluding carboxylic acids is 1. The number of aromatic amines is 1. The van der Waals surface area contributed by atoms with Crippen LogP contribution >= 0.6 is 0 Å². The summed E-state index contributed by atoms with van der Waals surface area (Å²) in [7, 11) is 1.66. The Morgan fingerprint density at radius 3 is 2.45 bits per heavy atom. The van der Waals surface area contributed by atoms with Crippen LogP contribution in [0.4, 0.5) is 0 Å². The van der Waals surface area contributed by atoms with E-state index in [1.807, 2.05) is 66.9 Å². The SMILES string of the molecule is COc1ccc(Cc2nnc(C(Cc3c[nH]c4ccccc34)NC(=O)C(C)(C)N)n2CCc2ccccc2)cc1. The van der Waals surface area contributed by atoms with Crippen molar-refractivity contribution in [2.24, 2.45) is 5.73 Å². The molecule has 2 heterocycles. The van der Waals surface area contributed by atoms with Crippen molar-refractivity contribution in [3.63, 3.8) is 0 Å². The summed E-state index contributed by atoms with van der Waals surface area (Å²) in [5.41, 5.74) is 9.61. The topological polar surface area (TPSA) is 111 Å². The summed E-state index contributed by atoms with van der Waals surface area (Å²) in [5.74, 6) is 2.11. The summed E-state index contributed by atoms with van der Waals surface area (Å²) in [6, 6.07) is 26.1. The first kappa shape index (κ1) is 27.1. The summed E-state index contributed by atoms with van der Waals surface area (Å²) in [6.45, 7) is 4.09. The van der Waals surface area contributed by atoms with E-state index in [2.05, 4.69) is 43.3 Å². The molecular formula is C32H36N6O2. The quantitative estimate of drug-likeness (QED) is 0.226. The van der Waals surface area contributed by atoms with Gasteiger partial charge in [0, 0.05) is 36.5 Å². The predicted octanol–water partition coefficient (Wildman–Crippen LogP) is 4.74. The number of aromatic nitrogens is 4. The first-order valence-corrected chi connectivity index (χ1v) is 13.6. The third-order valence-corrected chi connectivity index (χ3v) is 7.15. The van der Waals surface area contributed by atoms with Crippen molar-refractivity contribution in [2.45, 2.75) is 51.2 Å². The molecule has 8 nitrogen and oxygen atoms in total. The average Bonchev–Trinajstić information content (AvgIpc) is 3.55. The van der Waals surface area contributed by atoms with Crippen molar-refractivity contribution >= 4 is 16.8 Å². The molecule has 0 aliphatic rings. The molecule has 0 spiro atoms. The van der Waals surface area contributed by atoms with Crippen LogP contribution in [0.3, 0.4) is 0 Å². The molecule has 206 valence electrons. The molecule has 1 atom stereocenters. The molecule has 3 aromatic carbocycles. The highest BCUT2D eigenvalue weighted by atomic mass is 16.5. The molecule has 0 bridgehead atoms. The molecule has 0 saturated heterocycles. The fourth-order valence-electron chi connectivity index (χ4n) is 4.86. The van der Waals surface area contributed by atoms with Gasteiger partial charge >= 0.3 is 0 Å². The molecule has 1 unspecified atom stereocenters. The van der Waals surface area contributed by atoms with Gasteiger partial charge in [0.25, 0.3) is 0 Å². The van der Waals surface area contributed by atoms with Gasteiger partial charge in [0.1, 0.15) is 11.6 Å². The third kappa shape index (κ3) is 6.24. The molecule has 0 aliphatic carbocycles. The molecule has 5 aromatic rings. The van der Waals surface area contributed by atoms with Crippen molar-refractivity contribution in [1.82, 2.24) is 25.1 Å². The second-order valence-corrected chi connectivity index (χ2v) is 10.7. The standard InChI is InChI=1S/C32H36N6O2/c1-32(2,33)31(39)35-28(20-24-21-34-27-12-8-7-11-26(24)27)30-37-36-29(19-23-13-15-25(40-3)16-14-23)38(30)18-17-22-9-5-4-6-10-22/h4-16,21,28,34H,17-20,33H2,1-3H3,(H,35,39). The summed E-state index contributed by atoms with van der Waals surface area (Å²) < 4.78 is 7.48. The maximum Gasteiger partial charge on any atom is 0.240 e. The molecule has 5 rings (SSSR count). The number of carbonyl (C=O) groups is 1. The molecule has 2 aromatic heterocycles. The van der Waals surface area contributed by atoms with Crippen molar-refractivity contribution in [2.75, 3.05) is 7.11 Å². The van der Waals surface area contributed by atoms with Gasteiger partial charge < -0.3 is 25.3 Å². The lowest BCUT2D eigenvalue weighted by atomic mass is 10.0. The molecule has 0 radical (unpaired) electrons. The minimum Gasteiger partial charge on any atom is -0.497 e. The number of aryl methyl sites for hydroxylation is 1. The molecule has 1 amide bonds. The Balaban J connectivity index is 1.53. The molecule has 8 heteroatoms. The first-order chi connectivity index (χ1) is 19.3. The van der Waals surface area contributed by atoms with E-state index in [4.69, 9.17) is 10.5 Å². The fraction of sp³-hybridized carbons (Fsp3) is 0.281. The Morgan fingerprint density at radius 2 is 1.73 bits per heavy atom.